The van der Waals surface area contributed by atoms with Crippen molar-refractivity contribution in [3.05, 3.63) is 33.8 Å². The van der Waals surface area contributed by atoms with Gasteiger partial charge in [-0.25, -0.2) is 0 Å². The minimum atomic E-state index is 0.179. The summed E-state index contributed by atoms with van der Waals surface area (Å²) in [6.45, 7) is 7.90. The predicted octanol–water partition coefficient (Wildman–Crippen LogP) is 4.17. The van der Waals surface area contributed by atoms with Crippen LogP contribution in [0.2, 0.25) is 0 Å². The summed E-state index contributed by atoms with van der Waals surface area (Å²) in [6, 6.07) is 6.82. The predicted molar refractivity (Wildman–Crippen MR) is 72.8 cm³/mol. The highest BCUT2D eigenvalue weighted by Gasteiger charge is 2.30. The lowest BCUT2D eigenvalue weighted by molar-refractivity contribution is 0.434. The first-order valence-corrected chi connectivity index (χ1v) is 6.87. The highest BCUT2D eigenvalue weighted by atomic mass is 79.9. The van der Waals surface area contributed by atoms with Gasteiger partial charge in [-0.2, -0.15) is 0 Å². The second-order valence-electron chi connectivity index (χ2n) is 5.25. The van der Waals surface area contributed by atoms with Crippen LogP contribution in [0.15, 0.2) is 22.7 Å². The number of nitrogens with one attached hydrogen (secondary N) is 1. The van der Waals surface area contributed by atoms with Crippen molar-refractivity contribution in [1.82, 2.24) is 5.32 Å². The van der Waals surface area contributed by atoms with Gasteiger partial charge in [0.25, 0.3) is 0 Å². The number of benzene rings is 1. The summed E-state index contributed by atoms with van der Waals surface area (Å²) in [5.41, 5.74) is 2.98. The summed E-state index contributed by atoms with van der Waals surface area (Å²) < 4.78 is 1.25. The largest absolute Gasteiger partial charge is 0.308 e. The Labute approximate surface area is 107 Å². The van der Waals surface area contributed by atoms with Crippen molar-refractivity contribution in [3.8, 4) is 0 Å². The molecule has 0 spiro atoms. The van der Waals surface area contributed by atoms with Crippen LogP contribution in [0.25, 0.3) is 0 Å². The molecule has 16 heavy (non-hydrogen) atoms. The maximum absolute atomic E-state index is 3.69. The SMILES string of the molecule is CC(C)c1ccc(C2(C)CCCN2)cc1Br. The monoisotopic (exact) mass is 281 g/mol. The molecule has 1 unspecified atom stereocenters. The average Bonchev–Trinajstić information content (AvgIpc) is 2.66. The topological polar surface area (TPSA) is 12.0 Å². The van der Waals surface area contributed by atoms with Crippen LogP contribution in [0.3, 0.4) is 0 Å². The van der Waals surface area contributed by atoms with Gasteiger partial charge in [0.05, 0.1) is 0 Å². The van der Waals surface area contributed by atoms with Gasteiger partial charge < -0.3 is 5.32 Å². The van der Waals surface area contributed by atoms with E-state index in [1.807, 2.05) is 0 Å². The van der Waals surface area contributed by atoms with Crippen molar-refractivity contribution in [2.24, 2.45) is 0 Å². The van der Waals surface area contributed by atoms with Crippen LogP contribution in [0.4, 0.5) is 0 Å². The molecule has 0 radical (unpaired) electrons. The van der Waals surface area contributed by atoms with E-state index in [1.54, 1.807) is 0 Å². The molecule has 1 heterocycles. The highest BCUT2D eigenvalue weighted by molar-refractivity contribution is 9.10. The fraction of sp³-hybridized carbons (Fsp3) is 0.571. The second kappa shape index (κ2) is 4.50. The molecular weight excluding hydrogens is 262 g/mol. The molecule has 0 saturated carbocycles. The molecule has 1 aliphatic heterocycles. The molecule has 88 valence electrons. The third-order valence-electron chi connectivity index (χ3n) is 3.63. The Hall–Kier alpha value is -0.340. The number of rotatable bonds is 2. The van der Waals surface area contributed by atoms with Gasteiger partial charge in [0.1, 0.15) is 0 Å². The summed E-state index contributed by atoms with van der Waals surface area (Å²) >= 11 is 3.69. The van der Waals surface area contributed by atoms with Crippen LogP contribution in [0.1, 0.15) is 50.7 Å². The Kier molecular flexibility index (Phi) is 3.41. The molecule has 2 rings (SSSR count). The summed E-state index contributed by atoms with van der Waals surface area (Å²) in [6.07, 6.45) is 2.51. The lowest BCUT2D eigenvalue weighted by atomic mass is 9.89. The van der Waals surface area contributed by atoms with Crippen molar-refractivity contribution in [1.29, 1.82) is 0 Å². The fourth-order valence-electron chi connectivity index (χ4n) is 2.48. The molecule has 1 saturated heterocycles. The fourth-order valence-corrected chi connectivity index (χ4v) is 3.32. The second-order valence-corrected chi connectivity index (χ2v) is 6.11. The van der Waals surface area contributed by atoms with E-state index in [1.165, 1.54) is 28.4 Å². The lowest BCUT2D eigenvalue weighted by Gasteiger charge is -2.26. The standard InChI is InChI=1S/C14H20BrN/c1-10(2)12-6-5-11(9-13(12)15)14(3)7-4-8-16-14/h5-6,9-10,16H,4,7-8H2,1-3H3. The average molecular weight is 282 g/mol. The first kappa shape index (κ1) is 12.1. The van der Waals surface area contributed by atoms with Gasteiger partial charge in [-0.05, 0) is 49.4 Å². The van der Waals surface area contributed by atoms with Crippen molar-refractivity contribution in [3.63, 3.8) is 0 Å². The maximum Gasteiger partial charge on any atom is 0.0406 e. The molecular formula is C14H20BrN. The highest BCUT2D eigenvalue weighted by Crippen LogP contribution is 2.34. The smallest absolute Gasteiger partial charge is 0.0406 e. The van der Waals surface area contributed by atoms with Gasteiger partial charge in [-0.3, -0.25) is 0 Å². The number of hydrogen-bond acceptors (Lipinski definition) is 1. The zero-order valence-electron chi connectivity index (χ0n) is 10.3. The van der Waals surface area contributed by atoms with E-state index in [0.29, 0.717) is 5.92 Å². The summed E-state index contributed by atoms with van der Waals surface area (Å²) in [5.74, 6) is 0.577. The van der Waals surface area contributed by atoms with Gasteiger partial charge in [0.15, 0.2) is 0 Å². The Morgan fingerprint density at radius 1 is 1.38 bits per heavy atom. The molecule has 0 aromatic heterocycles. The molecule has 1 nitrogen and oxygen atoms in total. The van der Waals surface area contributed by atoms with E-state index in [0.717, 1.165) is 6.54 Å². The van der Waals surface area contributed by atoms with Crippen LogP contribution < -0.4 is 5.32 Å². The minimum absolute atomic E-state index is 0.179. The van der Waals surface area contributed by atoms with Gasteiger partial charge in [-0.15, -0.1) is 0 Å². The van der Waals surface area contributed by atoms with E-state index >= 15 is 0 Å². The van der Waals surface area contributed by atoms with Gasteiger partial charge in [0, 0.05) is 10.0 Å². The molecule has 0 amide bonds. The van der Waals surface area contributed by atoms with Crippen LogP contribution >= 0.6 is 15.9 Å². The molecule has 1 N–H and O–H groups in total. The zero-order chi connectivity index (χ0) is 11.8. The minimum Gasteiger partial charge on any atom is -0.308 e. The summed E-state index contributed by atoms with van der Waals surface area (Å²) in [5, 5.41) is 3.60. The van der Waals surface area contributed by atoms with Crippen LogP contribution in [0.5, 0.6) is 0 Å². The van der Waals surface area contributed by atoms with E-state index < -0.39 is 0 Å². The Bertz CT molecular complexity index is 378. The van der Waals surface area contributed by atoms with Gasteiger partial charge >= 0.3 is 0 Å². The van der Waals surface area contributed by atoms with E-state index in [9.17, 15) is 0 Å². The van der Waals surface area contributed by atoms with Crippen LogP contribution in [0, 0.1) is 0 Å². The van der Waals surface area contributed by atoms with E-state index in [4.69, 9.17) is 0 Å². The van der Waals surface area contributed by atoms with E-state index in [2.05, 4.69) is 60.2 Å². The normalized spacial score (nSPS) is 25.3. The Morgan fingerprint density at radius 2 is 2.12 bits per heavy atom. The van der Waals surface area contributed by atoms with E-state index in [-0.39, 0.29) is 5.54 Å². The van der Waals surface area contributed by atoms with Crippen molar-refractivity contribution in [2.75, 3.05) is 6.54 Å². The number of hydrogen-bond donors (Lipinski definition) is 1. The third kappa shape index (κ3) is 2.18. The molecule has 2 heteroatoms. The van der Waals surface area contributed by atoms with Crippen LogP contribution in [-0.4, -0.2) is 6.54 Å². The molecule has 1 aromatic carbocycles. The number of halogens is 1. The first-order valence-electron chi connectivity index (χ1n) is 6.08. The van der Waals surface area contributed by atoms with Gasteiger partial charge in [0.2, 0.25) is 0 Å². The molecule has 0 aliphatic carbocycles. The lowest BCUT2D eigenvalue weighted by Crippen LogP contribution is -2.33. The summed E-state index contributed by atoms with van der Waals surface area (Å²) in [4.78, 5) is 0. The van der Waals surface area contributed by atoms with Crippen molar-refractivity contribution >= 4 is 15.9 Å². The third-order valence-corrected chi connectivity index (χ3v) is 4.32. The molecule has 0 bridgehead atoms. The van der Waals surface area contributed by atoms with Gasteiger partial charge in [-0.1, -0.05) is 41.9 Å². The van der Waals surface area contributed by atoms with Crippen LogP contribution in [-0.2, 0) is 5.54 Å². The Balaban J connectivity index is 2.34. The van der Waals surface area contributed by atoms with Crippen molar-refractivity contribution < 1.29 is 0 Å². The molecule has 1 atom stereocenters. The van der Waals surface area contributed by atoms with Crippen molar-refractivity contribution in [2.45, 2.75) is 45.1 Å². The quantitative estimate of drug-likeness (QED) is 0.858. The molecule has 1 fully saturated rings. The zero-order valence-corrected chi connectivity index (χ0v) is 11.9. The Morgan fingerprint density at radius 3 is 2.62 bits per heavy atom. The first-order chi connectivity index (χ1) is 7.53. The summed E-state index contributed by atoms with van der Waals surface area (Å²) in [7, 11) is 0. The molecule has 1 aliphatic rings. The molecule has 1 aromatic rings. The maximum atomic E-state index is 3.69.